The minimum absolute atomic E-state index is 0. The zero-order valence-corrected chi connectivity index (χ0v) is 39.4. The monoisotopic (exact) mass is 917 g/mol. The first kappa shape index (κ1) is 43.6. The van der Waals surface area contributed by atoms with Gasteiger partial charge < -0.3 is 0 Å². The first-order valence-electron chi connectivity index (χ1n) is 21.2. The largest absolute Gasteiger partial charge is 0.134 e. The Morgan fingerprint density at radius 3 is 0.613 bits per heavy atom. The van der Waals surface area contributed by atoms with Gasteiger partial charge in [0, 0.05) is 35.6 Å². The molecule has 0 heterocycles. The van der Waals surface area contributed by atoms with Crippen molar-refractivity contribution in [3.8, 4) is 0 Å². The Bertz CT molecular complexity index is 2310. The van der Waals surface area contributed by atoms with Crippen LogP contribution >= 0.6 is 23.8 Å². The van der Waals surface area contributed by atoms with Crippen molar-refractivity contribution in [2.75, 3.05) is 0 Å². The van der Waals surface area contributed by atoms with E-state index in [2.05, 4.69) is 255 Å². The molecule has 0 atom stereocenters. The van der Waals surface area contributed by atoms with Gasteiger partial charge in [0.15, 0.2) is 0 Å². The maximum atomic E-state index is 2.50. The molecule has 0 N–H and O–H groups in total. The van der Waals surface area contributed by atoms with Crippen LogP contribution in [0.5, 0.6) is 0 Å². The van der Waals surface area contributed by atoms with Crippen molar-refractivity contribution in [1.29, 1.82) is 0 Å². The molecule has 62 heavy (non-hydrogen) atoms. The molecule has 0 saturated carbocycles. The van der Waals surface area contributed by atoms with Gasteiger partial charge >= 0.3 is 0 Å². The Morgan fingerprint density at radius 1 is 0.226 bits per heavy atom. The molecule has 9 aromatic carbocycles. The van der Waals surface area contributed by atoms with Crippen LogP contribution in [0.15, 0.2) is 255 Å². The molecule has 0 aliphatic heterocycles. The summed E-state index contributed by atoms with van der Waals surface area (Å²) >= 11 is 0. The first-order chi connectivity index (χ1) is 30.3. The van der Waals surface area contributed by atoms with Crippen LogP contribution in [0, 0.1) is 0 Å². The van der Waals surface area contributed by atoms with Crippen molar-refractivity contribution >= 4 is 79.9 Å². The molecule has 0 amide bonds. The van der Waals surface area contributed by atoms with Gasteiger partial charge in [0.2, 0.25) is 0 Å². The van der Waals surface area contributed by atoms with Crippen molar-refractivity contribution in [3.05, 3.63) is 271 Å². The van der Waals surface area contributed by atoms with Gasteiger partial charge in [-0.2, -0.15) is 0 Å². The van der Waals surface area contributed by atoms with E-state index >= 15 is 0 Å². The summed E-state index contributed by atoms with van der Waals surface area (Å²) in [4.78, 5) is 0. The van der Waals surface area contributed by atoms with Crippen LogP contribution in [0.4, 0.5) is 0 Å². The van der Waals surface area contributed by atoms with E-state index < -0.39 is 32.6 Å². The molecule has 0 nitrogen and oxygen atoms in total. The molecule has 0 aliphatic rings. The quantitative estimate of drug-likeness (QED) is 0.0547. The third kappa shape index (κ3) is 10.4. The minimum Gasteiger partial charge on any atom is -0.0623 e. The third-order valence-corrected chi connectivity index (χ3v) is 22.5. The fourth-order valence-corrected chi connectivity index (χ4v) is 19.7. The van der Waals surface area contributed by atoms with Gasteiger partial charge in [-0.25, -0.2) is 0 Å². The second-order valence-electron chi connectivity index (χ2n) is 15.3. The van der Waals surface area contributed by atoms with Crippen molar-refractivity contribution < 1.29 is 17.1 Å². The van der Waals surface area contributed by atoms with Crippen LogP contribution in [0.2, 0.25) is 0 Å². The van der Waals surface area contributed by atoms with Gasteiger partial charge in [-0.05, 0) is 87.8 Å². The Morgan fingerprint density at radius 2 is 0.403 bits per heavy atom. The second kappa shape index (κ2) is 21.9. The molecular weight excluding hydrogens is 869 g/mol. The molecule has 0 spiro atoms. The van der Waals surface area contributed by atoms with E-state index in [1.807, 2.05) is 0 Å². The van der Waals surface area contributed by atoms with E-state index in [-0.39, 0.29) is 17.1 Å². The average molecular weight is 919 g/mol. The summed E-state index contributed by atoms with van der Waals surface area (Å²) in [5.41, 5.74) is 4.43. The Labute approximate surface area is 384 Å². The third-order valence-electron chi connectivity index (χ3n) is 11.5. The number of hydrogen-bond donors (Lipinski definition) is 0. The summed E-state index contributed by atoms with van der Waals surface area (Å²) in [7, 11) is -4.06. The number of benzene rings is 9. The van der Waals surface area contributed by atoms with Crippen LogP contribution in [0.25, 0.3) is 0 Å². The van der Waals surface area contributed by atoms with Crippen molar-refractivity contribution in [2.24, 2.45) is 0 Å². The zero-order chi connectivity index (χ0) is 41.1. The fraction of sp³-hybridized carbons (Fsp3) is 0.0526. The van der Waals surface area contributed by atoms with E-state index in [0.29, 0.717) is 0 Å². The Hall–Kier alpha value is -4.99. The summed E-state index contributed by atoms with van der Waals surface area (Å²) in [5.74, 6) is 0. The maximum absolute atomic E-state index is 2.50. The molecule has 0 fully saturated rings. The Kier molecular flexibility index (Phi) is 15.4. The maximum Gasteiger partial charge on any atom is 0.134 e. The topological polar surface area (TPSA) is 0 Å². The molecule has 0 unspecified atom stereocenters. The molecular formula is C57H49CuP3Si. The molecule has 0 saturated heterocycles. The number of hydrogen-bond acceptors (Lipinski definition) is 0. The summed E-state index contributed by atoms with van der Waals surface area (Å²) in [6.45, 7) is 0. The predicted octanol–water partition coefficient (Wildman–Crippen LogP) is 9.83. The average Bonchev–Trinajstić information content (AvgIpc) is 3.34. The molecule has 9 rings (SSSR count). The fourth-order valence-electron chi connectivity index (χ4n) is 8.54. The normalized spacial score (nSPS) is 11.2. The minimum atomic E-state index is -2.14. The molecule has 0 bridgehead atoms. The van der Waals surface area contributed by atoms with Crippen LogP contribution < -0.4 is 47.4 Å². The van der Waals surface area contributed by atoms with Crippen LogP contribution in [0.3, 0.4) is 0 Å². The summed E-state index contributed by atoms with van der Waals surface area (Å²) in [5, 5.41) is 13.1. The molecule has 307 valence electrons. The van der Waals surface area contributed by atoms with Gasteiger partial charge in [0.1, 0.15) is 8.80 Å². The van der Waals surface area contributed by atoms with Gasteiger partial charge in [-0.15, -0.1) is 0 Å². The van der Waals surface area contributed by atoms with E-state index in [0.717, 1.165) is 18.5 Å². The first-order valence-corrected chi connectivity index (χ1v) is 27.5. The smallest absolute Gasteiger partial charge is 0.0623 e. The molecule has 9 aromatic rings. The van der Waals surface area contributed by atoms with Crippen molar-refractivity contribution in [3.63, 3.8) is 0 Å². The van der Waals surface area contributed by atoms with E-state index in [9.17, 15) is 0 Å². The SMILES string of the molecule is [Cu].c1ccc(P(Cc2ccccc2[SiH](c2ccccc2CP(c2ccccc2)c2ccccc2)c2ccccc2CP(c2ccccc2)c2ccccc2)c2ccccc2)cc1. The van der Waals surface area contributed by atoms with Crippen LogP contribution in [-0.2, 0) is 35.6 Å². The van der Waals surface area contributed by atoms with E-state index in [1.165, 1.54) is 64.1 Å². The van der Waals surface area contributed by atoms with E-state index in [1.54, 1.807) is 0 Å². The van der Waals surface area contributed by atoms with E-state index in [4.69, 9.17) is 0 Å². The molecule has 0 aliphatic carbocycles. The zero-order valence-electron chi connectivity index (χ0n) is 34.6. The van der Waals surface area contributed by atoms with Crippen molar-refractivity contribution in [1.82, 2.24) is 0 Å². The van der Waals surface area contributed by atoms with Crippen molar-refractivity contribution in [2.45, 2.75) is 18.5 Å². The van der Waals surface area contributed by atoms with Crippen LogP contribution in [-0.4, -0.2) is 8.80 Å². The molecule has 5 heteroatoms. The predicted molar refractivity (Wildman–Crippen MR) is 274 cm³/mol. The second-order valence-corrected chi connectivity index (χ2v) is 24.6. The molecule has 1 radical (unpaired) electrons. The Balaban J connectivity index is 0.00000529. The van der Waals surface area contributed by atoms with Gasteiger partial charge in [-0.1, -0.05) is 255 Å². The van der Waals surface area contributed by atoms with Gasteiger partial charge in [-0.3, -0.25) is 0 Å². The summed E-state index contributed by atoms with van der Waals surface area (Å²) in [6, 6.07) is 96.0. The summed E-state index contributed by atoms with van der Waals surface area (Å²) in [6.07, 6.45) is 2.98. The molecule has 0 aromatic heterocycles. The number of rotatable bonds is 15. The van der Waals surface area contributed by atoms with Gasteiger partial charge in [0.25, 0.3) is 0 Å². The summed E-state index contributed by atoms with van der Waals surface area (Å²) < 4.78 is 0. The standard InChI is InChI=1S/C57H49P3Si.Cu/c1-7-28-49(29-8-1)58(50-30-9-2-10-31-50)43-46-25-19-22-40-55(46)61(56-41-23-20-26-47(56)44-59(51-32-11-3-12-33-51)52-34-13-4-14-35-52)57-42-24-21-27-48(57)45-60(53-36-15-5-16-37-53)54-38-17-6-18-39-54;/h1-42,61H,43-45H2;. The van der Waals surface area contributed by atoms with Crippen LogP contribution in [0.1, 0.15) is 16.7 Å². The van der Waals surface area contributed by atoms with Gasteiger partial charge in [0.05, 0.1) is 0 Å².